The van der Waals surface area contributed by atoms with Crippen molar-refractivity contribution in [2.24, 2.45) is 0 Å². The van der Waals surface area contributed by atoms with E-state index in [0.29, 0.717) is 16.9 Å². The number of amides is 3. The van der Waals surface area contributed by atoms with Crippen LogP contribution < -0.4 is 16.0 Å². The lowest BCUT2D eigenvalue weighted by Crippen LogP contribution is -2.44. The zero-order valence-corrected chi connectivity index (χ0v) is 24.8. The Morgan fingerprint density at radius 3 is 2.33 bits per heavy atom. The second-order valence-electron chi connectivity index (χ2n) is 9.86. The van der Waals surface area contributed by atoms with Gasteiger partial charge in [-0.1, -0.05) is 23.7 Å². The third-order valence-electron chi connectivity index (χ3n) is 6.48. The van der Waals surface area contributed by atoms with Crippen LogP contribution in [-0.2, 0) is 20.8 Å². The predicted octanol–water partition coefficient (Wildman–Crippen LogP) is 3.03. The number of hydrogen-bond acceptors (Lipinski definition) is 8. The van der Waals surface area contributed by atoms with Gasteiger partial charge in [0, 0.05) is 43.5 Å². The van der Waals surface area contributed by atoms with Gasteiger partial charge < -0.3 is 26.0 Å². The summed E-state index contributed by atoms with van der Waals surface area (Å²) in [4.78, 5) is 50.9. The maximum atomic E-state index is 15.0. The molecule has 0 fully saturated rings. The lowest BCUT2D eigenvalue weighted by Gasteiger charge is -2.18. The molecule has 3 aromatic carbocycles. The Labute approximate surface area is 261 Å². The molecule has 0 radical (unpaired) electrons. The zero-order chi connectivity index (χ0) is 32.5. The Bertz CT molecular complexity index is 1710. The van der Waals surface area contributed by atoms with E-state index in [4.69, 9.17) is 16.7 Å². The number of aromatic nitrogens is 4. The number of benzene rings is 3. The lowest BCUT2D eigenvalue weighted by molar-refractivity contribution is -0.126. The summed E-state index contributed by atoms with van der Waals surface area (Å²) in [6.07, 6.45) is 3.57. The molecule has 4 aromatic rings. The molecule has 0 saturated heterocycles. The fourth-order valence-electron chi connectivity index (χ4n) is 4.03. The average Bonchev–Trinajstić information content (AvgIpc) is 3.56. The Morgan fingerprint density at radius 2 is 1.71 bits per heavy atom. The van der Waals surface area contributed by atoms with Crippen LogP contribution in [0.1, 0.15) is 21.5 Å². The minimum Gasteiger partial charge on any atom is -0.478 e. The molecule has 1 atom stereocenters. The van der Waals surface area contributed by atoms with Crippen LogP contribution in [0.4, 0.5) is 15.8 Å². The SMILES string of the molecule is CN(C)C(=O)CNc1ccc(CC(NC(=O)C=Cc2c(-n3cnnn3)ccc(Cl)c2F)C(=O)Nc2ccc(C(=O)O)cc2)cc1. The first-order chi connectivity index (χ1) is 21.5. The lowest BCUT2D eigenvalue weighted by atomic mass is 10.0. The van der Waals surface area contributed by atoms with E-state index in [1.807, 2.05) is 0 Å². The first-order valence-electron chi connectivity index (χ1n) is 13.4. The number of carboxylic acid groups (broad SMARTS) is 1. The van der Waals surface area contributed by atoms with Crippen molar-refractivity contribution in [3.63, 3.8) is 0 Å². The first-order valence-corrected chi connectivity index (χ1v) is 13.8. The number of likely N-dealkylation sites (N-methyl/N-ethyl adjacent to an activating group) is 1. The summed E-state index contributed by atoms with van der Waals surface area (Å²) < 4.78 is 16.2. The third kappa shape index (κ3) is 8.70. The Kier molecular flexibility index (Phi) is 10.5. The smallest absolute Gasteiger partial charge is 0.335 e. The van der Waals surface area contributed by atoms with E-state index in [9.17, 15) is 23.6 Å². The molecule has 0 saturated carbocycles. The maximum absolute atomic E-state index is 15.0. The maximum Gasteiger partial charge on any atom is 0.335 e. The van der Waals surface area contributed by atoms with Crippen LogP contribution in [0.2, 0.25) is 5.02 Å². The van der Waals surface area contributed by atoms with Crippen LogP contribution in [0.25, 0.3) is 11.8 Å². The van der Waals surface area contributed by atoms with Crippen molar-refractivity contribution in [3.05, 3.63) is 101 Å². The van der Waals surface area contributed by atoms with Gasteiger partial charge in [-0.2, -0.15) is 4.68 Å². The molecule has 0 aliphatic heterocycles. The van der Waals surface area contributed by atoms with E-state index in [1.54, 1.807) is 38.4 Å². The minimum atomic E-state index is -1.12. The standard InChI is InChI=1S/C30H28ClFN8O5/c1-39(2)27(42)16-33-20-7-3-18(4-8-20)15-24(29(43)35-21-9-5-19(6-10-21)30(44)45)36-26(41)14-11-22-25(40-17-34-37-38-40)13-12-23(31)28(22)32/h3-14,17,24,33H,15-16H2,1-2H3,(H,35,43)(H,36,41)(H,44,45). The quantitative estimate of drug-likeness (QED) is 0.171. The number of nitrogens with zero attached hydrogens (tertiary/aromatic N) is 5. The number of aromatic carboxylic acids is 1. The highest BCUT2D eigenvalue weighted by molar-refractivity contribution is 6.31. The number of halogens is 2. The number of anilines is 2. The van der Waals surface area contributed by atoms with Crippen molar-refractivity contribution in [3.8, 4) is 5.69 Å². The highest BCUT2D eigenvalue weighted by atomic mass is 35.5. The number of hydrogen-bond donors (Lipinski definition) is 4. The van der Waals surface area contributed by atoms with Gasteiger partial charge in [0.1, 0.15) is 12.4 Å². The normalized spacial score (nSPS) is 11.6. The van der Waals surface area contributed by atoms with Crippen LogP contribution >= 0.6 is 11.6 Å². The molecule has 45 heavy (non-hydrogen) atoms. The third-order valence-corrected chi connectivity index (χ3v) is 6.77. The summed E-state index contributed by atoms with van der Waals surface area (Å²) in [7, 11) is 3.31. The van der Waals surface area contributed by atoms with Gasteiger partial charge in [0.05, 0.1) is 22.8 Å². The average molecular weight is 635 g/mol. The van der Waals surface area contributed by atoms with Crippen molar-refractivity contribution < 1.29 is 28.7 Å². The molecule has 0 bridgehead atoms. The number of carboxylic acids is 1. The van der Waals surface area contributed by atoms with Crippen LogP contribution in [0.15, 0.2) is 73.1 Å². The van der Waals surface area contributed by atoms with Crippen molar-refractivity contribution >= 4 is 52.7 Å². The summed E-state index contributed by atoms with van der Waals surface area (Å²) in [6.45, 7) is 0.1000. The van der Waals surface area contributed by atoms with E-state index >= 15 is 0 Å². The number of carbonyl (C=O) groups is 4. The van der Waals surface area contributed by atoms with E-state index in [0.717, 1.165) is 6.08 Å². The summed E-state index contributed by atoms with van der Waals surface area (Å²) in [6, 6.07) is 14.2. The first kappa shape index (κ1) is 32.3. The molecule has 4 N–H and O–H groups in total. The van der Waals surface area contributed by atoms with Crippen LogP contribution in [-0.4, -0.2) is 80.6 Å². The summed E-state index contributed by atoms with van der Waals surface area (Å²) in [5, 5.41) is 28.1. The summed E-state index contributed by atoms with van der Waals surface area (Å²) >= 11 is 5.96. The number of tetrazole rings is 1. The van der Waals surface area contributed by atoms with Crippen LogP contribution in [0.3, 0.4) is 0 Å². The van der Waals surface area contributed by atoms with Gasteiger partial charge in [-0.25, -0.2) is 9.18 Å². The highest BCUT2D eigenvalue weighted by Gasteiger charge is 2.22. The molecule has 15 heteroatoms. The van der Waals surface area contributed by atoms with E-state index in [2.05, 4.69) is 31.5 Å². The number of carbonyl (C=O) groups excluding carboxylic acids is 3. The monoisotopic (exact) mass is 634 g/mol. The Hall–Kier alpha value is -5.63. The molecule has 1 unspecified atom stereocenters. The fourth-order valence-corrected chi connectivity index (χ4v) is 4.19. The van der Waals surface area contributed by atoms with Crippen LogP contribution in [0, 0.1) is 5.82 Å². The highest BCUT2D eigenvalue weighted by Crippen LogP contribution is 2.25. The molecule has 0 aliphatic carbocycles. The predicted molar refractivity (Wildman–Crippen MR) is 164 cm³/mol. The second-order valence-corrected chi connectivity index (χ2v) is 10.3. The largest absolute Gasteiger partial charge is 0.478 e. The van der Waals surface area contributed by atoms with Crippen molar-refractivity contribution in [2.75, 3.05) is 31.3 Å². The Balaban J connectivity index is 1.53. The molecular formula is C30H28ClFN8O5. The molecule has 4 rings (SSSR count). The van der Waals surface area contributed by atoms with Gasteiger partial charge in [0.25, 0.3) is 0 Å². The van der Waals surface area contributed by atoms with Gasteiger partial charge in [-0.15, -0.1) is 5.10 Å². The molecular weight excluding hydrogens is 607 g/mol. The fraction of sp³-hybridized carbons (Fsp3) is 0.167. The molecule has 1 aromatic heterocycles. The molecule has 0 spiro atoms. The molecule has 232 valence electrons. The van der Waals surface area contributed by atoms with Crippen LogP contribution in [0.5, 0.6) is 0 Å². The Morgan fingerprint density at radius 1 is 1.02 bits per heavy atom. The number of rotatable bonds is 12. The second kappa shape index (κ2) is 14.7. The summed E-state index contributed by atoms with van der Waals surface area (Å²) in [5.41, 5.74) is 1.90. The van der Waals surface area contributed by atoms with Gasteiger partial charge in [-0.05, 0) is 70.6 Å². The van der Waals surface area contributed by atoms with Crippen molar-refractivity contribution in [2.45, 2.75) is 12.5 Å². The van der Waals surface area contributed by atoms with E-state index < -0.39 is 29.6 Å². The molecule has 1 heterocycles. The molecule has 13 nitrogen and oxygen atoms in total. The summed E-state index contributed by atoms with van der Waals surface area (Å²) in [5.74, 6) is -3.31. The molecule has 0 aliphatic rings. The van der Waals surface area contributed by atoms with Gasteiger partial charge in [0.2, 0.25) is 17.7 Å². The van der Waals surface area contributed by atoms with Crippen molar-refractivity contribution in [1.82, 2.24) is 30.4 Å². The zero-order valence-electron chi connectivity index (χ0n) is 24.1. The van der Waals surface area contributed by atoms with E-state index in [1.165, 1.54) is 58.4 Å². The van der Waals surface area contributed by atoms with Crippen molar-refractivity contribution in [1.29, 1.82) is 0 Å². The van der Waals surface area contributed by atoms with Gasteiger partial charge >= 0.3 is 5.97 Å². The van der Waals surface area contributed by atoms with Gasteiger partial charge in [-0.3, -0.25) is 14.4 Å². The molecule has 3 amide bonds. The van der Waals surface area contributed by atoms with Gasteiger partial charge in [0.15, 0.2) is 5.82 Å². The van der Waals surface area contributed by atoms with E-state index in [-0.39, 0.29) is 40.7 Å². The number of nitrogens with one attached hydrogen (secondary N) is 3. The topological polar surface area (TPSA) is 171 Å². The minimum absolute atomic E-state index is 0.0401.